The fraction of sp³-hybridized carbons (Fsp3) is 0.0588. The number of nitrogens with zero attached hydrogens (tertiary/aromatic N) is 1. The first-order valence-corrected chi connectivity index (χ1v) is 8.74. The highest BCUT2D eigenvalue weighted by atomic mass is 32.2. The van der Waals surface area contributed by atoms with Crippen LogP contribution in [-0.4, -0.2) is 20.5 Å². The summed E-state index contributed by atoms with van der Waals surface area (Å²) in [7, 11) is -2.71. The molecular weight excluding hydrogens is 344 g/mol. The highest BCUT2D eigenvalue weighted by Crippen LogP contribution is 2.31. The Hall–Kier alpha value is -3.13. The molecule has 0 saturated heterocycles. The van der Waals surface area contributed by atoms with Gasteiger partial charge in [0, 0.05) is 11.5 Å². The van der Waals surface area contributed by atoms with Crippen LogP contribution in [0, 0.1) is 10.1 Å². The first kappa shape index (κ1) is 16.7. The summed E-state index contributed by atoms with van der Waals surface area (Å²) in [6, 6.07) is 16.1. The molecule has 1 N–H and O–H groups in total. The Morgan fingerprint density at radius 2 is 1.76 bits per heavy atom. The number of methoxy groups -OCH3 is 1. The predicted octanol–water partition coefficient (Wildman–Crippen LogP) is 3.56. The van der Waals surface area contributed by atoms with Crippen LogP contribution in [0.3, 0.4) is 0 Å². The third-order valence-electron chi connectivity index (χ3n) is 3.69. The zero-order valence-electron chi connectivity index (χ0n) is 13.2. The van der Waals surface area contributed by atoms with E-state index in [4.69, 9.17) is 4.74 Å². The largest absolute Gasteiger partial charge is 0.490 e. The number of ether oxygens (including phenoxy) is 1. The molecule has 0 aliphatic rings. The van der Waals surface area contributed by atoms with Crippen molar-refractivity contribution in [2.75, 3.05) is 11.8 Å². The summed E-state index contributed by atoms with van der Waals surface area (Å²) in [5.74, 6) is -0.00545. The minimum atomic E-state index is -4.00. The second-order valence-corrected chi connectivity index (χ2v) is 6.91. The normalized spacial score (nSPS) is 11.2. The van der Waals surface area contributed by atoms with E-state index in [1.54, 1.807) is 24.3 Å². The molecule has 3 aromatic carbocycles. The quantitative estimate of drug-likeness (QED) is 0.555. The highest BCUT2D eigenvalue weighted by molar-refractivity contribution is 7.92. The van der Waals surface area contributed by atoms with Gasteiger partial charge in [0.1, 0.15) is 0 Å². The van der Waals surface area contributed by atoms with E-state index in [1.165, 1.54) is 19.2 Å². The van der Waals surface area contributed by atoms with E-state index in [2.05, 4.69) is 4.72 Å². The molecule has 0 aliphatic carbocycles. The molecule has 0 unspecified atom stereocenters. The number of hydrogen-bond acceptors (Lipinski definition) is 5. The van der Waals surface area contributed by atoms with Gasteiger partial charge in [0.2, 0.25) is 0 Å². The first-order chi connectivity index (χ1) is 11.9. The molecule has 7 nitrogen and oxygen atoms in total. The maximum atomic E-state index is 12.6. The van der Waals surface area contributed by atoms with E-state index in [-0.39, 0.29) is 10.6 Å². The van der Waals surface area contributed by atoms with Gasteiger partial charge in [-0.2, -0.15) is 0 Å². The Bertz CT molecular complexity index is 1060. The molecule has 3 aromatic rings. The molecule has 0 atom stereocenters. The maximum absolute atomic E-state index is 12.6. The standard InChI is InChI=1S/C17H14N2O5S/c1-24-17-10-9-13(11-16(17)19(20)21)25(22,23)18-15-8-4-6-12-5-2-3-7-14(12)15/h2-11,18H,1H3. The molecule has 0 aromatic heterocycles. The number of anilines is 1. The van der Waals surface area contributed by atoms with Gasteiger partial charge in [0.15, 0.2) is 5.75 Å². The van der Waals surface area contributed by atoms with Crippen LogP contribution in [0.2, 0.25) is 0 Å². The van der Waals surface area contributed by atoms with E-state index in [9.17, 15) is 18.5 Å². The Labute approximate surface area is 144 Å². The van der Waals surface area contributed by atoms with Crippen LogP contribution in [0.25, 0.3) is 10.8 Å². The van der Waals surface area contributed by atoms with Crippen LogP contribution >= 0.6 is 0 Å². The summed E-state index contributed by atoms with van der Waals surface area (Å²) >= 11 is 0. The Morgan fingerprint density at radius 1 is 1.04 bits per heavy atom. The molecule has 0 bridgehead atoms. The summed E-state index contributed by atoms with van der Waals surface area (Å²) in [5, 5.41) is 12.7. The van der Waals surface area contributed by atoms with Gasteiger partial charge < -0.3 is 4.74 Å². The van der Waals surface area contributed by atoms with Gasteiger partial charge in [0.05, 0.1) is 22.6 Å². The molecule has 8 heteroatoms. The number of nitrogens with one attached hydrogen (secondary N) is 1. The van der Waals surface area contributed by atoms with Crippen molar-refractivity contribution in [2.24, 2.45) is 0 Å². The minimum absolute atomic E-state index is 0.00545. The van der Waals surface area contributed by atoms with Crippen LogP contribution < -0.4 is 9.46 Å². The van der Waals surface area contributed by atoms with Gasteiger partial charge in [-0.25, -0.2) is 8.42 Å². The van der Waals surface area contributed by atoms with Crippen molar-refractivity contribution in [3.63, 3.8) is 0 Å². The van der Waals surface area contributed by atoms with Gasteiger partial charge >= 0.3 is 5.69 Å². The van der Waals surface area contributed by atoms with Crippen molar-refractivity contribution < 1.29 is 18.1 Å². The molecular formula is C17H14N2O5S. The van der Waals surface area contributed by atoms with Crippen molar-refractivity contribution in [1.82, 2.24) is 0 Å². The van der Waals surface area contributed by atoms with E-state index in [0.29, 0.717) is 5.69 Å². The monoisotopic (exact) mass is 358 g/mol. The number of nitro groups is 1. The number of hydrogen-bond donors (Lipinski definition) is 1. The summed E-state index contributed by atoms with van der Waals surface area (Å²) in [5.41, 5.74) is -0.0140. The smallest absolute Gasteiger partial charge is 0.312 e. The minimum Gasteiger partial charge on any atom is -0.490 e. The molecule has 0 saturated carbocycles. The lowest BCUT2D eigenvalue weighted by atomic mass is 10.1. The lowest BCUT2D eigenvalue weighted by Gasteiger charge is -2.11. The fourth-order valence-corrected chi connectivity index (χ4v) is 3.60. The van der Waals surface area contributed by atoms with Crippen LogP contribution in [0.4, 0.5) is 11.4 Å². The second-order valence-electron chi connectivity index (χ2n) is 5.22. The van der Waals surface area contributed by atoms with Gasteiger partial charge in [-0.1, -0.05) is 36.4 Å². The third kappa shape index (κ3) is 3.24. The van der Waals surface area contributed by atoms with E-state index >= 15 is 0 Å². The van der Waals surface area contributed by atoms with Gasteiger partial charge in [-0.3, -0.25) is 14.8 Å². The van der Waals surface area contributed by atoms with Crippen molar-refractivity contribution in [2.45, 2.75) is 4.90 Å². The molecule has 0 amide bonds. The number of sulfonamides is 1. The van der Waals surface area contributed by atoms with Crippen molar-refractivity contribution in [3.05, 3.63) is 70.8 Å². The van der Waals surface area contributed by atoms with Gasteiger partial charge in [0.25, 0.3) is 10.0 Å². The van der Waals surface area contributed by atoms with E-state index in [0.717, 1.165) is 16.8 Å². The molecule has 3 rings (SSSR count). The zero-order valence-corrected chi connectivity index (χ0v) is 14.0. The Balaban J connectivity index is 2.05. The predicted molar refractivity (Wildman–Crippen MR) is 94.4 cm³/mol. The molecule has 0 aliphatic heterocycles. The van der Waals surface area contributed by atoms with Gasteiger partial charge in [-0.15, -0.1) is 0 Å². The molecule has 0 fully saturated rings. The average Bonchev–Trinajstić information content (AvgIpc) is 2.61. The number of benzene rings is 3. The van der Waals surface area contributed by atoms with Crippen molar-refractivity contribution >= 4 is 32.2 Å². The molecule has 0 heterocycles. The third-order valence-corrected chi connectivity index (χ3v) is 5.05. The zero-order chi connectivity index (χ0) is 18.0. The van der Waals surface area contributed by atoms with Crippen LogP contribution in [0.15, 0.2) is 65.6 Å². The second kappa shape index (κ2) is 6.40. The molecule has 25 heavy (non-hydrogen) atoms. The topological polar surface area (TPSA) is 98.5 Å². The number of rotatable bonds is 5. The molecule has 0 spiro atoms. The van der Waals surface area contributed by atoms with Crippen molar-refractivity contribution in [3.8, 4) is 5.75 Å². The van der Waals surface area contributed by atoms with Gasteiger partial charge in [-0.05, 0) is 23.6 Å². The summed E-state index contributed by atoms with van der Waals surface area (Å²) < 4.78 is 32.7. The van der Waals surface area contributed by atoms with Crippen molar-refractivity contribution in [1.29, 1.82) is 0 Å². The van der Waals surface area contributed by atoms with Crippen LogP contribution in [-0.2, 0) is 10.0 Å². The number of nitro benzene ring substituents is 1. The SMILES string of the molecule is COc1ccc(S(=O)(=O)Nc2cccc3ccccc23)cc1[N+](=O)[O-]. The summed E-state index contributed by atoms with van der Waals surface area (Å²) in [4.78, 5) is 10.2. The first-order valence-electron chi connectivity index (χ1n) is 7.25. The summed E-state index contributed by atoms with van der Waals surface area (Å²) in [6.45, 7) is 0. The average molecular weight is 358 g/mol. The fourth-order valence-electron chi connectivity index (χ4n) is 2.50. The maximum Gasteiger partial charge on any atom is 0.312 e. The summed E-state index contributed by atoms with van der Waals surface area (Å²) in [6.07, 6.45) is 0. The number of fused-ring (bicyclic) bond motifs is 1. The van der Waals surface area contributed by atoms with E-state index in [1.807, 2.05) is 18.2 Å². The van der Waals surface area contributed by atoms with Crippen LogP contribution in [0.1, 0.15) is 0 Å². The van der Waals surface area contributed by atoms with Crippen LogP contribution in [0.5, 0.6) is 5.75 Å². The molecule has 0 radical (unpaired) electrons. The lowest BCUT2D eigenvalue weighted by molar-refractivity contribution is -0.386. The Kier molecular flexibility index (Phi) is 4.28. The Morgan fingerprint density at radius 3 is 2.48 bits per heavy atom. The van der Waals surface area contributed by atoms with E-state index < -0.39 is 20.6 Å². The molecule has 128 valence electrons. The lowest BCUT2D eigenvalue weighted by Crippen LogP contribution is -2.13. The highest BCUT2D eigenvalue weighted by Gasteiger charge is 2.22.